The summed E-state index contributed by atoms with van der Waals surface area (Å²) in [5.74, 6) is -4.25. The lowest BCUT2D eigenvalue weighted by Crippen LogP contribution is -2.36. The molecule has 2 aromatic rings. The predicted molar refractivity (Wildman–Crippen MR) is 121 cm³/mol. The number of hydrogen-bond donors (Lipinski definition) is 0. The third-order valence-corrected chi connectivity index (χ3v) is 5.71. The average molecular weight is 462 g/mol. The van der Waals surface area contributed by atoms with Gasteiger partial charge in [0.05, 0.1) is 18.1 Å². The Bertz CT molecular complexity index is 1310. The number of aromatic nitrogens is 1. The summed E-state index contributed by atoms with van der Waals surface area (Å²) in [6, 6.07) is 7.52. The van der Waals surface area contributed by atoms with Gasteiger partial charge in [-0.1, -0.05) is 24.3 Å². The quantitative estimate of drug-likeness (QED) is 0.606. The van der Waals surface area contributed by atoms with Crippen LogP contribution >= 0.6 is 0 Å². The van der Waals surface area contributed by atoms with Crippen LogP contribution in [-0.4, -0.2) is 52.2 Å². The molecule has 0 radical (unpaired) electrons. The second-order valence-corrected chi connectivity index (χ2v) is 8.18. The first-order chi connectivity index (χ1) is 16.3. The fourth-order valence-electron chi connectivity index (χ4n) is 3.96. The van der Waals surface area contributed by atoms with E-state index in [0.717, 1.165) is 16.0 Å². The SMILES string of the molecule is N#C[C@@H]1CC(F)(F)CN1C(=O)CCC(=O)c1ccnc2ccc(/C=C/C3=CCC(=O)N=C3)cc12. The van der Waals surface area contributed by atoms with E-state index in [0.29, 0.717) is 16.5 Å². The molecule has 0 N–H and O–H groups in total. The molecule has 1 fully saturated rings. The van der Waals surface area contributed by atoms with E-state index in [1.165, 1.54) is 12.4 Å². The standard InChI is InChI=1S/C25H20F2N4O3/c26-25(27)12-18(13-28)31(15-25)24(34)8-6-22(32)19-9-10-29-21-5-3-16(11-20(19)21)1-2-17-4-7-23(33)30-14-17/h1-5,9-11,14,18H,6-8,12,15H2/b2-1+/t18-/m0/s1. The first kappa shape index (κ1) is 23.1. The average Bonchev–Trinajstić information content (AvgIpc) is 3.16. The molecular formula is C25H20F2N4O3. The number of Topliss-reactive ketones (excluding diaryl/α,β-unsaturated/α-hetero) is 1. The molecule has 172 valence electrons. The van der Waals surface area contributed by atoms with Crippen LogP contribution in [0.3, 0.4) is 0 Å². The molecule has 7 nitrogen and oxygen atoms in total. The van der Waals surface area contributed by atoms with Gasteiger partial charge in [0.1, 0.15) is 6.04 Å². The molecule has 9 heteroatoms. The maximum absolute atomic E-state index is 13.6. The zero-order chi connectivity index (χ0) is 24.3. The first-order valence-electron chi connectivity index (χ1n) is 10.7. The van der Waals surface area contributed by atoms with Crippen LogP contribution in [0.25, 0.3) is 17.0 Å². The van der Waals surface area contributed by atoms with Crippen LogP contribution in [0.2, 0.25) is 0 Å². The Balaban J connectivity index is 1.49. The highest BCUT2D eigenvalue weighted by atomic mass is 19.3. The molecule has 1 aromatic carbocycles. The molecule has 2 amide bonds. The summed E-state index contributed by atoms with van der Waals surface area (Å²) in [4.78, 5) is 45.4. The summed E-state index contributed by atoms with van der Waals surface area (Å²) in [6.07, 6.45) is 7.53. The lowest BCUT2D eigenvalue weighted by molar-refractivity contribution is -0.132. The van der Waals surface area contributed by atoms with E-state index in [1.54, 1.807) is 30.3 Å². The summed E-state index contributed by atoms with van der Waals surface area (Å²) in [6.45, 7) is -0.804. The van der Waals surface area contributed by atoms with Gasteiger partial charge in [0.25, 0.3) is 5.92 Å². The van der Waals surface area contributed by atoms with Crippen molar-refractivity contribution >= 4 is 40.8 Å². The Labute approximate surface area is 194 Å². The molecule has 1 saturated heterocycles. The molecule has 2 aliphatic heterocycles. The van der Waals surface area contributed by atoms with Crippen molar-refractivity contribution < 1.29 is 23.2 Å². The number of rotatable bonds is 6. The van der Waals surface area contributed by atoms with Crippen molar-refractivity contribution in [1.29, 1.82) is 5.26 Å². The van der Waals surface area contributed by atoms with Crippen molar-refractivity contribution in [3.63, 3.8) is 0 Å². The van der Waals surface area contributed by atoms with Crippen LogP contribution in [0, 0.1) is 11.3 Å². The summed E-state index contributed by atoms with van der Waals surface area (Å²) in [5, 5.41) is 9.68. The van der Waals surface area contributed by atoms with Gasteiger partial charge >= 0.3 is 0 Å². The molecule has 0 bridgehead atoms. The van der Waals surface area contributed by atoms with Gasteiger partial charge in [0, 0.05) is 49.0 Å². The largest absolute Gasteiger partial charge is 0.320 e. The number of halogens is 2. The third kappa shape index (κ3) is 5.12. The highest BCUT2D eigenvalue weighted by Crippen LogP contribution is 2.32. The number of aliphatic imine (C=N–C) groups is 1. The van der Waals surface area contributed by atoms with Gasteiger partial charge in [-0.15, -0.1) is 0 Å². The van der Waals surface area contributed by atoms with E-state index >= 15 is 0 Å². The number of carbonyl (C=O) groups excluding carboxylic acids is 3. The molecule has 0 unspecified atom stereocenters. The maximum atomic E-state index is 13.6. The van der Waals surface area contributed by atoms with Crippen LogP contribution in [0.1, 0.15) is 41.6 Å². The summed E-state index contributed by atoms with van der Waals surface area (Å²) in [5.41, 5.74) is 2.57. The van der Waals surface area contributed by atoms with Crippen molar-refractivity contribution in [2.45, 2.75) is 37.6 Å². The van der Waals surface area contributed by atoms with E-state index < -0.39 is 30.8 Å². The number of carbonyl (C=O) groups is 3. The van der Waals surface area contributed by atoms with Gasteiger partial charge in [-0.2, -0.15) is 5.26 Å². The molecule has 0 aliphatic carbocycles. The van der Waals surface area contributed by atoms with E-state index in [9.17, 15) is 23.2 Å². The number of nitriles is 1. The molecule has 3 heterocycles. The van der Waals surface area contributed by atoms with Gasteiger partial charge in [-0.05, 0) is 29.3 Å². The molecule has 4 rings (SSSR count). The Morgan fingerprint density at radius 2 is 2.06 bits per heavy atom. The van der Waals surface area contributed by atoms with Crippen LogP contribution in [-0.2, 0) is 9.59 Å². The Hall–Kier alpha value is -4.06. The minimum absolute atomic E-state index is 0.171. The normalized spacial score (nSPS) is 19.4. The fourth-order valence-corrected chi connectivity index (χ4v) is 3.96. The molecular weight excluding hydrogens is 442 g/mol. The molecule has 2 aliphatic rings. The van der Waals surface area contributed by atoms with Crippen LogP contribution in [0.5, 0.6) is 0 Å². The third-order valence-electron chi connectivity index (χ3n) is 5.71. The van der Waals surface area contributed by atoms with Gasteiger partial charge in [-0.3, -0.25) is 19.4 Å². The van der Waals surface area contributed by atoms with Gasteiger partial charge in [0.15, 0.2) is 5.78 Å². The number of dihydropyridines is 1. The Morgan fingerprint density at radius 3 is 2.79 bits per heavy atom. The minimum atomic E-state index is -3.10. The van der Waals surface area contributed by atoms with Gasteiger partial charge < -0.3 is 4.90 Å². The lowest BCUT2D eigenvalue weighted by Gasteiger charge is -2.18. The topological polar surface area (TPSA) is 103 Å². The van der Waals surface area contributed by atoms with E-state index in [1.807, 2.05) is 18.2 Å². The van der Waals surface area contributed by atoms with Crippen LogP contribution < -0.4 is 0 Å². The Kier molecular flexibility index (Phi) is 6.41. The number of amides is 2. The summed E-state index contributed by atoms with van der Waals surface area (Å²) >= 11 is 0. The number of benzene rings is 1. The maximum Gasteiger partial charge on any atom is 0.268 e. The number of pyridine rings is 1. The minimum Gasteiger partial charge on any atom is -0.320 e. The molecule has 34 heavy (non-hydrogen) atoms. The molecule has 1 atom stereocenters. The summed E-state index contributed by atoms with van der Waals surface area (Å²) in [7, 11) is 0. The number of allylic oxidation sites excluding steroid dienone is 2. The van der Waals surface area contributed by atoms with E-state index in [2.05, 4.69) is 9.98 Å². The Morgan fingerprint density at radius 1 is 1.24 bits per heavy atom. The summed E-state index contributed by atoms with van der Waals surface area (Å²) < 4.78 is 27.2. The van der Waals surface area contributed by atoms with Gasteiger partial charge in [0.2, 0.25) is 11.8 Å². The van der Waals surface area contributed by atoms with E-state index in [-0.39, 0.29) is 31.0 Å². The highest BCUT2D eigenvalue weighted by molar-refractivity contribution is 6.08. The highest BCUT2D eigenvalue weighted by Gasteiger charge is 2.47. The molecule has 0 spiro atoms. The number of fused-ring (bicyclic) bond motifs is 1. The van der Waals surface area contributed by atoms with E-state index in [4.69, 9.17) is 5.26 Å². The zero-order valence-electron chi connectivity index (χ0n) is 18.1. The van der Waals surface area contributed by atoms with Crippen molar-refractivity contribution in [1.82, 2.24) is 9.88 Å². The zero-order valence-corrected chi connectivity index (χ0v) is 18.1. The molecule has 1 aromatic heterocycles. The first-order valence-corrected chi connectivity index (χ1v) is 10.7. The predicted octanol–water partition coefficient (Wildman–Crippen LogP) is 3.90. The second-order valence-electron chi connectivity index (χ2n) is 8.18. The van der Waals surface area contributed by atoms with Crippen LogP contribution in [0.4, 0.5) is 8.78 Å². The van der Waals surface area contributed by atoms with Gasteiger partial charge in [-0.25, -0.2) is 13.8 Å². The number of ketones is 1. The molecule has 0 saturated carbocycles. The fraction of sp³-hybridized carbons (Fsp3) is 0.280. The van der Waals surface area contributed by atoms with Crippen molar-refractivity contribution in [2.24, 2.45) is 4.99 Å². The monoisotopic (exact) mass is 462 g/mol. The van der Waals surface area contributed by atoms with Crippen molar-refractivity contribution in [2.75, 3.05) is 6.54 Å². The lowest BCUT2D eigenvalue weighted by atomic mass is 9.99. The van der Waals surface area contributed by atoms with Crippen molar-refractivity contribution in [3.8, 4) is 6.07 Å². The van der Waals surface area contributed by atoms with Crippen molar-refractivity contribution in [3.05, 3.63) is 59.3 Å². The smallest absolute Gasteiger partial charge is 0.268 e. The second kappa shape index (κ2) is 9.43. The number of nitrogens with zero attached hydrogens (tertiary/aromatic N) is 4. The number of hydrogen-bond acceptors (Lipinski definition) is 5. The van der Waals surface area contributed by atoms with Crippen LogP contribution in [0.15, 0.2) is 53.2 Å². The number of likely N-dealkylation sites (tertiary alicyclic amines) is 1. The number of alkyl halides is 2.